The van der Waals surface area contributed by atoms with Crippen molar-refractivity contribution in [3.63, 3.8) is 0 Å². The van der Waals surface area contributed by atoms with Gasteiger partial charge < -0.3 is 16.0 Å². The van der Waals surface area contributed by atoms with Gasteiger partial charge in [0.05, 0.1) is 5.69 Å². The van der Waals surface area contributed by atoms with Crippen molar-refractivity contribution in [1.82, 2.24) is 24.7 Å². The number of nitrogens with two attached hydrogens (primary N) is 1. The van der Waals surface area contributed by atoms with Crippen LogP contribution in [-0.2, 0) is 6.54 Å². The summed E-state index contributed by atoms with van der Waals surface area (Å²) in [7, 11) is 0. The van der Waals surface area contributed by atoms with Gasteiger partial charge in [0.15, 0.2) is 0 Å². The Morgan fingerprint density at radius 3 is 2.40 bits per heavy atom. The lowest BCUT2D eigenvalue weighted by Crippen LogP contribution is -2.48. The first-order chi connectivity index (χ1) is 17.0. The van der Waals surface area contributed by atoms with Gasteiger partial charge in [-0.15, -0.1) is 0 Å². The van der Waals surface area contributed by atoms with Crippen LogP contribution in [0.3, 0.4) is 0 Å². The highest BCUT2D eigenvalue weighted by Crippen LogP contribution is 2.44. The van der Waals surface area contributed by atoms with Gasteiger partial charge in [-0.1, -0.05) is 12.1 Å². The van der Waals surface area contributed by atoms with Crippen molar-refractivity contribution < 1.29 is 4.79 Å². The molecule has 2 amide bonds. The predicted molar refractivity (Wildman–Crippen MR) is 134 cm³/mol. The van der Waals surface area contributed by atoms with Crippen molar-refractivity contribution >= 4 is 11.8 Å². The highest BCUT2D eigenvalue weighted by Gasteiger charge is 2.53. The van der Waals surface area contributed by atoms with Crippen molar-refractivity contribution in [3.05, 3.63) is 52.6 Å². The van der Waals surface area contributed by atoms with Crippen LogP contribution < -0.4 is 22.1 Å². The molecule has 9 nitrogen and oxygen atoms in total. The molecule has 4 fully saturated rings. The molecular weight excluding hydrogens is 442 g/mol. The number of benzene rings is 1. The van der Waals surface area contributed by atoms with E-state index in [1.54, 1.807) is 12.3 Å². The maximum absolute atomic E-state index is 12.8. The molecule has 1 aromatic carbocycles. The minimum atomic E-state index is -0.406. The topological polar surface area (TPSA) is 109 Å². The minimum Gasteiger partial charge on any atom is -0.327 e. The lowest BCUT2D eigenvalue weighted by Gasteiger charge is -2.44. The van der Waals surface area contributed by atoms with E-state index >= 15 is 0 Å². The van der Waals surface area contributed by atoms with Gasteiger partial charge in [-0.25, -0.2) is 9.59 Å². The molecule has 4 heterocycles. The number of hydrogen-bond acceptors (Lipinski definition) is 6. The fraction of sp³-hybridized carbons (Fsp3) is 0.577. The summed E-state index contributed by atoms with van der Waals surface area (Å²) in [6, 6.07) is 9.94. The first kappa shape index (κ1) is 22.7. The summed E-state index contributed by atoms with van der Waals surface area (Å²) in [4.78, 5) is 33.9. The van der Waals surface area contributed by atoms with E-state index in [9.17, 15) is 9.59 Å². The van der Waals surface area contributed by atoms with E-state index in [1.807, 2.05) is 17.0 Å². The van der Waals surface area contributed by atoms with Crippen LogP contribution in [0.25, 0.3) is 5.69 Å². The molecule has 6 rings (SSSR count). The van der Waals surface area contributed by atoms with E-state index in [-0.39, 0.29) is 6.03 Å². The number of nitrogens with zero attached hydrogens (tertiary/aromatic N) is 4. The summed E-state index contributed by atoms with van der Waals surface area (Å²) in [5, 5.41) is 6.25. The molecule has 2 aromatic rings. The Balaban J connectivity index is 1.04. The number of likely N-dealkylation sites (tertiary alicyclic amines) is 2. The van der Waals surface area contributed by atoms with Gasteiger partial charge in [0.25, 0.3) is 0 Å². The number of anilines is 1. The summed E-state index contributed by atoms with van der Waals surface area (Å²) in [6.07, 6.45) is 6.14. The van der Waals surface area contributed by atoms with Gasteiger partial charge in [-0.05, 0) is 79.8 Å². The van der Waals surface area contributed by atoms with E-state index in [2.05, 4.69) is 32.7 Å². The second-order valence-electron chi connectivity index (χ2n) is 10.9. The number of fused-ring (bicyclic) bond motifs is 1. The first-order valence-corrected chi connectivity index (χ1v) is 12.9. The summed E-state index contributed by atoms with van der Waals surface area (Å²) in [5.41, 5.74) is 8.00. The van der Waals surface area contributed by atoms with E-state index in [4.69, 9.17) is 5.73 Å². The molecule has 0 bridgehead atoms. The molecule has 1 aromatic heterocycles. The SMILES string of the molecule is NC1C2CN(Cc3ccc(-n4ccc(NC(=O)N5CCC6(CCNCC6)CC5)nc4=O)cc3)CC12. The number of hydrogen-bond donors (Lipinski definition) is 3. The second kappa shape index (κ2) is 9.04. The largest absolute Gasteiger partial charge is 0.354 e. The lowest BCUT2D eigenvalue weighted by molar-refractivity contribution is 0.0915. The zero-order chi connectivity index (χ0) is 24.0. The lowest BCUT2D eigenvalue weighted by atomic mass is 9.72. The monoisotopic (exact) mass is 477 g/mol. The molecular formula is C26H35N7O2. The summed E-state index contributed by atoms with van der Waals surface area (Å²) in [6.45, 7) is 6.72. The maximum Gasteiger partial charge on any atom is 0.354 e. The van der Waals surface area contributed by atoms with Gasteiger partial charge in [0, 0.05) is 45.0 Å². The molecule has 1 spiro atoms. The Bertz CT molecular complexity index is 1120. The zero-order valence-electron chi connectivity index (χ0n) is 20.2. The number of urea groups is 1. The number of rotatable bonds is 4. The van der Waals surface area contributed by atoms with Gasteiger partial charge in [-0.3, -0.25) is 14.8 Å². The number of carbonyl (C=O) groups is 1. The first-order valence-electron chi connectivity index (χ1n) is 12.9. The van der Waals surface area contributed by atoms with Crippen molar-refractivity contribution in [3.8, 4) is 5.69 Å². The van der Waals surface area contributed by atoms with Crippen LogP contribution in [0.15, 0.2) is 41.3 Å². The van der Waals surface area contributed by atoms with E-state index < -0.39 is 5.69 Å². The normalized spacial score (nSPS) is 27.6. The molecule has 1 aliphatic carbocycles. The van der Waals surface area contributed by atoms with E-state index in [0.29, 0.717) is 29.1 Å². The Kier molecular flexibility index (Phi) is 5.86. The molecule has 3 aliphatic heterocycles. The molecule has 1 saturated carbocycles. The molecule has 4 N–H and O–H groups in total. The van der Waals surface area contributed by atoms with Crippen LogP contribution in [0.2, 0.25) is 0 Å². The third kappa shape index (κ3) is 4.60. The van der Waals surface area contributed by atoms with E-state index in [0.717, 1.165) is 64.3 Å². The zero-order valence-corrected chi connectivity index (χ0v) is 20.2. The highest BCUT2D eigenvalue weighted by molar-refractivity contribution is 5.88. The van der Waals surface area contributed by atoms with Crippen LogP contribution in [0.1, 0.15) is 31.2 Å². The molecule has 2 unspecified atom stereocenters. The maximum atomic E-state index is 12.8. The number of amides is 2. The number of nitrogens with one attached hydrogen (secondary N) is 2. The Morgan fingerprint density at radius 2 is 1.74 bits per heavy atom. The summed E-state index contributed by atoms with van der Waals surface area (Å²) >= 11 is 0. The van der Waals surface area contributed by atoms with Crippen LogP contribution in [-0.4, -0.2) is 70.7 Å². The molecule has 9 heteroatoms. The average Bonchev–Trinajstić information content (AvgIpc) is 3.24. The van der Waals surface area contributed by atoms with E-state index in [1.165, 1.54) is 23.0 Å². The fourth-order valence-corrected chi connectivity index (χ4v) is 6.31. The summed E-state index contributed by atoms with van der Waals surface area (Å²) < 4.78 is 1.51. The Labute approximate surface area is 205 Å². The third-order valence-electron chi connectivity index (χ3n) is 8.77. The van der Waals surface area contributed by atoms with Gasteiger partial charge in [0.2, 0.25) is 0 Å². The van der Waals surface area contributed by atoms with Crippen molar-refractivity contribution in [2.75, 3.05) is 44.6 Å². The average molecular weight is 478 g/mol. The Hall–Kier alpha value is -2.75. The molecule has 2 atom stereocenters. The highest BCUT2D eigenvalue weighted by atomic mass is 16.2. The van der Waals surface area contributed by atoms with Crippen LogP contribution in [0.5, 0.6) is 0 Å². The molecule has 0 radical (unpaired) electrons. The molecule has 4 aliphatic rings. The van der Waals surface area contributed by atoms with Crippen LogP contribution >= 0.6 is 0 Å². The third-order valence-corrected chi connectivity index (χ3v) is 8.77. The predicted octanol–water partition coefficient (Wildman–Crippen LogP) is 1.62. The van der Waals surface area contributed by atoms with Crippen molar-refractivity contribution in [1.29, 1.82) is 0 Å². The van der Waals surface area contributed by atoms with Gasteiger partial charge in [-0.2, -0.15) is 4.98 Å². The minimum absolute atomic E-state index is 0.178. The van der Waals surface area contributed by atoms with Gasteiger partial charge in [0.1, 0.15) is 5.82 Å². The fourth-order valence-electron chi connectivity index (χ4n) is 6.31. The van der Waals surface area contributed by atoms with Crippen LogP contribution in [0, 0.1) is 17.3 Å². The summed E-state index contributed by atoms with van der Waals surface area (Å²) in [5.74, 6) is 1.65. The molecule has 35 heavy (non-hydrogen) atoms. The van der Waals surface area contributed by atoms with Crippen molar-refractivity contribution in [2.45, 2.75) is 38.3 Å². The standard InChI is InChI=1S/C26H35N7O2/c27-23-20-16-31(17-21(20)23)15-18-1-3-19(4-2-18)33-12-5-22(30-25(33)35)29-24(34)32-13-8-26(9-14-32)6-10-28-11-7-26/h1-5,12,20-21,23,28H,6-11,13-17,27H2,(H,29,30,34,35). The van der Waals surface area contributed by atoms with Crippen LogP contribution in [0.4, 0.5) is 10.6 Å². The smallest absolute Gasteiger partial charge is 0.327 e. The number of piperidine rings is 3. The molecule has 186 valence electrons. The number of carbonyl (C=O) groups excluding carboxylic acids is 1. The van der Waals surface area contributed by atoms with Gasteiger partial charge >= 0.3 is 11.7 Å². The van der Waals surface area contributed by atoms with Crippen molar-refractivity contribution in [2.24, 2.45) is 23.0 Å². The Morgan fingerprint density at radius 1 is 1.06 bits per heavy atom. The molecule has 3 saturated heterocycles. The second-order valence-corrected chi connectivity index (χ2v) is 10.9. The quantitative estimate of drug-likeness (QED) is 0.618. The number of aromatic nitrogens is 2.